The molecule has 22 heavy (non-hydrogen) atoms. The minimum Gasteiger partial charge on any atom is -0.368 e. The fourth-order valence-corrected chi connectivity index (χ4v) is 6.86. The molecule has 2 N–H and O–H groups in total. The number of hydrogen-bond donors (Lipinski definition) is 2. The minimum atomic E-state index is -1.35. The molecule has 124 valence electrons. The third-order valence-corrected chi connectivity index (χ3v) is 7.91. The van der Waals surface area contributed by atoms with E-state index in [1.165, 1.54) is 19.3 Å². The van der Waals surface area contributed by atoms with Crippen molar-refractivity contribution in [1.82, 2.24) is 0 Å². The zero-order valence-electron chi connectivity index (χ0n) is 13.6. The van der Waals surface area contributed by atoms with E-state index in [-0.39, 0.29) is 5.92 Å². The van der Waals surface area contributed by atoms with Crippen LogP contribution >= 0.6 is 0 Å². The summed E-state index contributed by atoms with van der Waals surface area (Å²) in [5.41, 5.74) is 1.38. The maximum absolute atomic E-state index is 14.2. The molecule has 0 spiro atoms. The van der Waals surface area contributed by atoms with Crippen LogP contribution in [0.25, 0.3) is 0 Å². The molecule has 3 heteroatoms. The van der Waals surface area contributed by atoms with Crippen molar-refractivity contribution < 1.29 is 14.6 Å². The van der Waals surface area contributed by atoms with E-state index >= 15 is 0 Å². The van der Waals surface area contributed by atoms with Gasteiger partial charge in [0.1, 0.15) is 6.17 Å². The molecule has 0 heterocycles. The van der Waals surface area contributed by atoms with E-state index in [2.05, 4.69) is 13.0 Å². The van der Waals surface area contributed by atoms with Crippen LogP contribution in [-0.2, 0) is 0 Å². The molecule has 0 aliphatic heterocycles. The number of hydrogen-bond acceptors (Lipinski definition) is 2. The average Bonchev–Trinajstić information content (AvgIpc) is 2.84. The molecule has 0 radical (unpaired) electrons. The van der Waals surface area contributed by atoms with Crippen LogP contribution in [0.4, 0.5) is 4.39 Å². The lowest BCUT2D eigenvalue weighted by Crippen LogP contribution is -2.53. The van der Waals surface area contributed by atoms with Gasteiger partial charge in [0.15, 0.2) is 6.29 Å². The Bertz CT molecular complexity index is 488. The van der Waals surface area contributed by atoms with Crippen molar-refractivity contribution in [3.05, 3.63) is 11.6 Å². The molecule has 4 rings (SSSR count). The lowest BCUT2D eigenvalue weighted by atomic mass is 9.47. The van der Waals surface area contributed by atoms with Crippen molar-refractivity contribution in [3.63, 3.8) is 0 Å². The van der Waals surface area contributed by atoms with Gasteiger partial charge in [-0.3, -0.25) is 0 Å². The molecule has 0 aromatic carbocycles. The van der Waals surface area contributed by atoms with Gasteiger partial charge < -0.3 is 10.2 Å². The first-order chi connectivity index (χ1) is 10.5. The van der Waals surface area contributed by atoms with Gasteiger partial charge in [-0.2, -0.15) is 0 Å². The van der Waals surface area contributed by atoms with Crippen molar-refractivity contribution in [2.45, 2.75) is 77.2 Å². The molecule has 3 saturated carbocycles. The largest absolute Gasteiger partial charge is 0.368 e. The van der Waals surface area contributed by atoms with Crippen molar-refractivity contribution in [2.24, 2.45) is 28.6 Å². The molecule has 0 aromatic heterocycles. The Hall–Kier alpha value is -0.410. The number of halogens is 1. The summed E-state index contributed by atoms with van der Waals surface area (Å²) in [7, 11) is 0. The summed E-state index contributed by atoms with van der Waals surface area (Å²) in [5.74, 6) is 1.27. The van der Waals surface area contributed by atoms with Crippen LogP contribution in [0.1, 0.15) is 64.7 Å². The number of allylic oxidation sites excluding steroid dienone is 2. The fourth-order valence-electron chi connectivity index (χ4n) is 6.86. The molecular weight excluding hydrogens is 279 g/mol. The molecule has 4 aliphatic carbocycles. The minimum absolute atomic E-state index is 0.168. The number of rotatable bonds is 1. The average molecular weight is 308 g/mol. The molecular formula is C19H29FO2. The van der Waals surface area contributed by atoms with E-state index in [9.17, 15) is 14.6 Å². The van der Waals surface area contributed by atoms with Gasteiger partial charge in [0, 0.05) is 5.41 Å². The standard InChI is InChI=1S/C19H29FO2/c1-18-8-3-2-4-12(18)5-6-14-15(18)7-9-19(17(21)22)11-13(20)10-16(14)19/h4,13-17,21-22H,2-3,5-11H2,1H3/t13-,14-,15+,16+,18+,19+/m1/s1. The Balaban J connectivity index is 1.69. The van der Waals surface area contributed by atoms with Crippen molar-refractivity contribution in [3.8, 4) is 0 Å². The van der Waals surface area contributed by atoms with Crippen LogP contribution < -0.4 is 0 Å². The SMILES string of the molecule is C[C@]12CCCC=C1CC[C@H]1[C@@H]3C[C@@H](F)C[C@@]3(C(O)O)CC[C@@H]12. The molecule has 0 unspecified atom stereocenters. The number of alkyl halides is 1. The van der Waals surface area contributed by atoms with Crippen LogP contribution in [0.15, 0.2) is 11.6 Å². The van der Waals surface area contributed by atoms with E-state index in [0.717, 1.165) is 25.7 Å². The van der Waals surface area contributed by atoms with Gasteiger partial charge >= 0.3 is 0 Å². The molecule has 2 nitrogen and oxygen atoms in total. The Kier molecular flexibility index (Phi) is 3.47. The second-order valence-corrected chi connectivity index (χ2v) is 8.64. The first-order valence-corrected chi connectivity index (χ1v) is 9.17. The highest BCUT2D eigenvalue weighted by Crippen LogP contribution is 2.66. The first-order valence-electron chi connectivity index (χ1n) is 9.17. The van der Waals surface area contributed by atoms with Crippen LogP contribution in [0.3, 0.4) is 0 Å². The highest BCUT2D eigenvalue weighted by Gasteiger charge is 2.61. The maximum atomic E-state index is 14.2. The van der Waals surface area contributed by atoms with Gasteiger partial charge in [-0.05, 0) is 81.0 Å². The summed E-state index contributed by atoms with van der Waals surface area (Å²) in [4.78, 5) is 0. The van der Waals surface area contributed by atoms with E-state index in [4.69, 9.17) is 0 Å². The van der Waals surface area contributed by atoms with Gasteiger partial charge in [0.25, 0.3) is 0 Å². The molecule has 0 amide bonds. The first kappa shape index (κ1) is 15.1. The molecule has 0 bridgehead atoms. The van der Waals surface area contributed by atoms with Crippen LogP contribution in [-0.4, -0.2) is 22.7 Å². The Morgan fingerprint density at radius 2 is 2.05 bits per heavy atom. The summed E-state index contributed by atoms with van der Waals surface area (Å²) in [5, 5.41) is 20.0. The molecule has 0 aromatic rings. The Labute approximate surface area is 132 Å². The van der Waals surface area contributed by atoms with Gasteiger partial charge in [0.05, 0.1) is 0 Å². The third kappa shape index (κ3) is 1.91. The lowest BCUT2D eigenvalue weighted by Gasteiger charge is -2.58. The quantitative estimate of drug-likeness (QED) is 0.568. The monoisotopic (exact) mass is 308 g/mol. The number of aliphatic hydroxyl groups excluding tert-OH is 1. The summed E-state index contributed by atoms with van der Waals surface area (Å²) >= 11 is 0. The van der Waals surface area contributed by atoms with Crippen LogP contribution in [0, 0.1) is 28.6 Å². The van der Waals surface area contributed by atoms with Crippen molar-refractivity contribution >= 4 is 0 Å². The smallest absolute Gasteiger partial charge is 0.157 e. The highest BCUT2D eigenvalue weighted by atomic mass is 19.1. The van der Waals surface area contributed by atoms with E-state index in [1.807, 2.05) is 0 Å². The third-order valence-electron chi connectivity index (χ3n) is 7.91. The van der Waals surface area contributed by atoms with Crippen LogP contribution in [0.5, 0.6) is 0 Å². The fraction of sp³-hybridized carbons (Fsp3) is 0.895. The summed E-state index contributed by atoms with van der Waals surface area (Å²) in [6, 6.07) is 0. The van der Waals surface area contributed by atoms with E-state index in [0.29, 0.717) is 30.1 Å². The van der Waals surface area contributed by atoms with Gasteiger partial charge in [-0.25, -0.2) is 4.39 Å². The second-order valence-electron chi connectivity index (χ2n) is 8.64. The topological polar surface area (TPSA) is 40.5 Å². The number of fused-ring (bicyclic) bond motifs is 5. The molecule has 0 saturated heterocycles. The zero-order chi connectivity index (χ0) is 15.5. The van der Waals surface area contributed by atoms with Crippen molar-refractivity contribution in [1.29, 1.82) is 0 Å². The van der Waals surface area contributed by atoms with Crippen LogP contribution in [0.2, 0.25) is 0 Å². The zero-order valence-corrected chi connectivity index (χ0v) is 13.6. The van der Waals surface area contributed by atoms with Crippen molar-refractivity contribution in [2.75, 3.05) is 0 Å². The molecule has 3 fully saturated rings. The van der Waals surface area contributed by atoms with Gasteiger partial charge in [-0.15, -0.1) is 0 Å². The second kappa shape index (κ2) is 5.04. The summed E-state index contributed by atoms with van der Waals surface area (Å²) in [6.45, 7) is 2.43. The van der Waals surface area contributed by atoms with Gasteiger partial charge in [0.2, 0.25) is 0 Å². The van der Waals surface area contributed by atoms with E-state index < -0.39 is 17.9 Å². The predicted octanol–water partition coefficient (Wildman–Crippen LogP) is 3.97. The van der Waals surface area contributed by atoms with E-state index in [1.54, 1.807) is 5.57 Å². The highest BCUT2D eigenvalue weighted by molar-refractivity contribution is 5.24. The molecule has 4 aliphatic rings. The predicted molar refractivity (Wildman–Crippen MR) is 83.8 cm³/mol. The van der Waals surface area contributed by atoms with Gasteiger partial charge in [-0.1, -0.05) is 18.6 Å². The lowest BCUT2D eigenvalue weighted by molar-refractivity contribution is -0.189. The summed E-state index contributed by atoms with van der Waals surface area (Å²) in [6.07, 6.45) is 9.03. The number of aliphatic hydroxyl groups is 2. The Morgan fingerprint density at radius 1 is 1.23 bits per heavy atom. The Morgan fingerprint density at radius 3 is 2.82 bits per heavy atom. The maximum Gasteiger partial charge on any atom is 0.157 e. The molecule has 6 atom stereocenters. The normalized spacial score (nSPS) is 51.0. The summed E-state index contributed by atoms with van der Waals surface area (Å²) < 4.78 is 14.2.